The molecule has 0 radical (unpaired) electrons. The Hall–Kier alpha value is -0.181. The minimum absolute atomic E-state index is 4.28. The summed E-state index contributed by atoms with van der Waals surface area (Å²) < 4.78 is 115. The van der Waals surface area contributed by atoms with E-state index in [1.165, 1.54) is 0 Å². The van der Waals surface area contributed by atoms with Crippen LogP contribution in [0.25, 0.3) is 0 Å². The Morgan fingerprint density at radius 3 is 0.800 bits per heavy atom. The second-order valence-corrected chi connectivity index (χ2v) is 4.71. The zero-order valence-electron chi connectivity index (χ0n) is 6.19. The van der Waals surface area contributed by atoms with Crippen LogP contribution in [0.4, 0.5) is 43.9 Å². The molecule has 0 spiro atoms. The van der Waals surface area contributed by atoms with E-state index in [1.54, 1.807) is 0 Å². The van der Waals surface area contributed by atoms with Gasteiger partial charge < -0.3 is 0 Å². The Balaban J connectivity index is 4.89. The van der Waals surface area contributed by atoms with Crippen molar-refractivity contribution < 1.29 is 43.9 Å². The molecular weight excluding hydrogens is 317 g/mol. The molecule has 0 saturated heterocycles. The Morgan fingerprint density at radius 2 is 0.667 bits per heavy atom. The van der Waals surface area contributed by atoms with Crippen LogP contribution in [0.3, 0.4) is 0 Å². The fraction of sp³-hybridized carbons (Fsp3) is 1.00. The van der Waals surface area contributed by atoms with Crippen LogP contribution in [0, 0.1) is 0 Å². The van der Waals surface area contributed by atoms with E-state index in [1.807, 2.05) is 0 Å². The third kappa shape index (κ3) is 3.40. The molecule has 0 aliphatic rings. The number of hydrogen-bond donors (Lipinski definition) is 0. The molecule has 92 valence electrons. The summed E-state index contributed by atoms with van der Waals surface area (Å²) in [6.45, 7) is 0. The van der Waals surface area contributed by atoms with Crippen molar-refractivity contribution in [3.63, 3.8) is 0 Å². The maximum atomic E-state index is 11.9. The summed E-state index contributed by atoms with van der Waals surface area (Å²) in [6, 6.07) is 0. The van der Waals surface area contributed by atoms with Crippen LogP contribution < -0.4 is 0 Å². The Labute approximate surface area is 81.8 Å². The van der Waals surface area contributed by atoms with Gasteiger partial charge in [-0.1, -0.05) is 0 Å². The first-order valence-corrected chi connectivity index (χ1v) is 4.51. The fourth-order valence-corrected chi connectivity index (χ4v) is 1.44. The molecule has 0 atom stereocenters. The second kappa shape index (κ2) is 3.69. The third-order valence-corrected chi connectivity index (χ3v) is 2.96. The van der Waals surface area contributed by atoms with Gasteiger partial charge in [0.05, 0.1) is 0 Å². The number of halogens is 10. The van der Waals surface area contributed by atoms with E-state index >= 15 is 0 Å². The van der Waals surface area contributed by atoms with Crippen LogP contribution in [-0.4, -0.2) is 37.0 Å². The molecule has 0 aliphatic heterocycles. The summed E-state index contributed by atoms with van der Waals surface area (Å²) in [6.07, 6.45) is -12.8. The van der Waals surface area contributed by atoms with Gasteiger partial charge in [0.25, 0.3) is 0 Å². The molecule has 0 aromatic carbocycles. The molecule has 0 bridgehead atoms. The summed E-state index contributed by atoms with van der Waals surface area (Å²) >= 11 is -4.28. The molecule has 0 rings (SSSR count). The zero-order chi connectivity index (χ0) is 12.7. The Bertz CT molecular complexity index is 199. The summed E-state index contributed by atoms with van der Waals surface area (Å²) in [5.41, 5.74) is 0. The SMILES string of the molecule is FC(F)(F)C(F)(F)[Se]C(F)(F)C(F)(F)F. The predicted octanol–water partition coefficient (Wildman–Crippen LogP) is 3.00. The van der Waals surface area contributed by atoms with Crippen molar-refractivity contribution in [2.45, 2.75) is 22.0 Å². The van der Waals surface area contributed by atoms with Gasteiger partial charge >= 0.3 is 80.9 Å². The number of rotatable bonds is 2. The molecule has 0 aromatic heterocycles. The average molecular weight is 317 g/mol. The van der Waals surface area contributed by atoms with Crippen LogP contribution in [0.15, 0.2) is 0 Å². The molecule has 0 nitrogen and oxygen atoms in total. The van der Waals surface area contributed by atoms with Crippen molar-refractivity contribution in [2.75, 3.05) is 0 Å². The normalized spacial score (nSPS) is 15.6. The summed E-state index contributed by atoms with van der Waals surface area (Å²) in [5, 5.41) is 0. The van der Waals surface area contributed by atoms with Crippen LogP contribution in [-0.2, 0) is 0 Å². The van der Waals surface area contributed by atoms with E-state index in [-0.39, 0.29) is 0 Å². The molecule has 0 unspecified atom stereocenters. The van der Waals surface area contributed by atoms with E-state index in [0.29, 0.717) is 0 Å². The van der Waals surface area contributed by atoms with Gasteiger partial charge in [-0.15, -0.1) is 0 Å². The van der Waals surface area contributed by atoms with Gasteiger partial charge in [0.1, 0.15) is 0 Å². The number of hydrogen-bond acceptors (Lipinski definition) is 0. The Morgan fingerprint density at radius 1 is 0.467 bits per heavy atom. The molecule has 11 heteroatoms. The van der Waals surface area contributed by atoms with Crippen molar-refractivity contribution in [3.05, 3.63) is 0 Å². The van der Waals surface area contributed by atoms with E-state index in [9.17, 15) is 43.9 Å². The van der Waals surface area contributed by atoms with Gasteiger partial charge in [0.15, 0.2) is 0 Å². The van der Waals surface area contributed by atoms with Gasteiger partial charge in [0, 0.05) is 0 Å². The van der Waals surface area contributed by atoms with E-state index in [4.69, 9.17) is 0 Å². The molecule has 0 fully saturated rings. The molecule has 0 saturated carbocycles. The quantitative estimate of drug-likeness (QED) is 0.543. The van der Waals surface area contributed by atoms with E-state index in [2.05, 4.69) is 0 Å². The predicted molar refractivity (Wildman–Crippen MR) is 27.8 cm³/mol. The maximum absolute atomic E-state index is 11.9. The molecule has 0 N–H and O–H groups in total. The molecule has 0 aromatic rings. The number of alkyl halides is 10. The van der Waals surface area contributed by atoms with Crippen LogP contribution in [0.5, 0.6) is 0 Å². The Kier molecular flexibility index (Phi) is 3.64. The van der Waals surface area contributed by atoms with Crippen LogP contribution >= 0.6 is 0 Å². The van der Waals surface area contributed by atoms with E-state index in [0.717, 1.165) is 0 Å². The molecular formula is C4F10Se. The third-order valence-electron chi connectivity index (χ3n) is 0.916. The molecule has 15 heavy (non-hydrogen) atoms. The van der Waals surface area contributed by atoms with Crippen molar-refractivity contribution in [1.82, 2.24) is 0 Å². The van der Waals surface area contributed by atoms with Gasteiger partial charge in [-0.2, -0.15) is 0 Å². The van der Waals surface area contributed by atoms with Gasteiger partial charge in [-0.05, 0) is 0 Å². The molecule has 0 amide bonds. The van der Waals surface area contributed by atoms with Crippen molar-refractivity contribution in [3.8, 4) is 0 Å². The summed E-state index contributed by atoms with van der Waals surface area (Å²) in [5.74, 6) is 0. The minimum atomic E-state index is -6.42. The molecule has 0 heterocycles. The standard InChI is InChI=1S/C4F10Se/c5-1(6,7)3(11,12)15-4(13,14)2(8,9)10. The summed E-state index contributed by atoms with van der Waals surface area (Å²) in [4.78, 5) is -12.1. The van der Waals surface area contributed by atoms with Crippen molar-refractivity contribution in [2.24, 2.45) is 0 Å². The van der Waals surface area contributed by atoms with Crippen molar-refractivity contribution in [1.29, 1.82) is 0 Å². The molecule has 0 aliphatic carbocycles. The monoisotopic (exact) mass is 318 g/mol. The average Bonchev–Trinajstić information content (AvgIpc) is 1.77. The topological polar surface area (TPSA) is 0 Å². The van der Waals surface area contributed by atoms with E-state index < -0.39 is 37.0 Å². The second-order valence-electron chi connectivity index (χ2n) is 2.13. The van der Waals surface area contributed by atoms with Gasteiger partial charge in [-0.3, -0.25) is 0 Å². The summed E-state index contributed by atoms with van der Waals surface area (Å²) in [7, 11) is 0. The first-order chi connectivity index (χ1) is 6.21. The first kappa shape index (κ1) is 14.8. The first-order valence-electron chi connectivity index (χ1n) is 2.80. The van der Waals surface area contributed by atoms with Crippen molar-refractivity contribution >= 4 is 15.0 Å². The van der Waals surface area contributed by atoms with Crippen LogP contribution in [0.2, 0.25) is 0 Å². The van der Waals surface area contributed by atoms with Gasteiger partial charge in [-0.25, -0.2) is 0 Å². The van der Waals surface area contributed by atoms with Crippen LogP contribution in [0.1, 0.15) is 0 Å². The zero-order valence-corrected chi connectivity index (χ0v) is 7.90. The van der Waals surface area contributed by atoms with Gasteiger partial charge in [0.2, 0.25) is 0 Å². The fourth-order valence-electron chi connectivity index (χ4n) is 0.277.